The van der Waals surface area contributed by atoms with Gasteiger partial charge in [0.2, 0.25) is 0 Å². The first-order valence-electron chi connectivity index (χ1n) is 6.24. The van der Waals surface area contributed by atoms with Crippen LogP contribution < -0.4 is 5.32 Å². The summed E-state index contributed by atoms with van der Waals surface area (Å²) in [5, 5.41) is 4.95. The quantitative estimate of drug-likeness (QED) is 0.844. The van der Waals surface area contributed by atoms with Gasteiger partial charge in [-0.15, -0.1) is 11.3 Å². The van der Waals surface area contributed by atoms with Gasteiger partial charge in [-0.1, -0.05) is 6.92 Å². The molecule has 1 aromatic rings. The summed E-state index contributed by atoms with van der Waals surface area (Å²) in [5.74, 6) is -0.0575. The molecular formula is C13H20N2O3S. The third kappa shape index (κ3) is 5.83. The standard InChI is InChI=1S/C13H20N2O3S/c1-5-9(15-12(17)18-13(2,3)4)8-10(16)11-14-6-7-19-11/h6-7,9H,5,8H2,1-4H3,(H,15,17). The van der Waals surface area contributed by atoms with E-state index in [2.05, 4.69) is 10.3 Å². The van der Waals surface area contributed by atoms with Crippen molar-refractivity contribution in [1.82, 2.24) is 10.3 Å². The lowest BCUT2D eigenvalue weighted by Crippen LogP contribution is -2.39. The molecule has 5 nitrogen and oxygen atoms in total. The van der Waals surface area contributed by atoms with Crippen molar-refractivity contribution in [3.8, 4) is 0 Å². The molecule has 0 aliphatic carbocycles. The van der Waals surface area contributed by atoms with E-state index in [-0.39, 0.29) is 18.2 Å². The molecule has 6 heteroatoms. The molecule has 0 bridgehead atoms. The number of ether oxygens (including phenoxy) is 1. The molecule has 0 saturated carbocycles. The van der Waals surface area contributed by atoms with E-state index >= 15 is 0 Å². The maximum absolute atomic E-state index is 11.9. The third-order valence-corrected chi connectivity index (χ3v) is 3.13. The molecule has 0 aliphatic heterocycles. The minimum atomic E-state index is -0.540. The van der Waals surface area contributed by atoms with Crippen LogP contribution >= 0.6 is 11.3 Å². The number of hydrogen-bond acceptors (Lipinski definition) is 5. The van der Waals surface area contributed by atoms with Gasteiger partial charge in [0, 0.05) is 24.0 Å². The van der Waals surface area contributed by atoms with E-state index in [1.54, 1.807) is 32.3 Å². The Labute approximate surface area is 117 Å². The SMILES string of the molecule is CCC(CC(=O)c1nccs1)NC(=O)OC(C)(C)C. The van der Waals surface area contributed by atoms with Gasteiger partial charge in [-0.25, -0.2) is 9.78 Å². The second kappa shape index (κ2) is 6.65. The number of rotatable bonds is 5. The molecular weight excluding hydrogens is 264 g/mol. The number of alkyl carbamates (subject to hydrolysis) is 1. The van der Waals surface area contributed by atoms with E-state index in [4.69, 9.17) is 4.74 Å². The number of Topliss-reactive ketones (excluding diaryl/α,β-unsaturated/α-hetero) is 1. The fraction of sp³-hybridized carbons (Fsp3) is 0.615. The van der Waals surface area contributed by atoms with Crippen LogP contribution in [0.3, 0.4) is 0 Å². The van der Waals surface area contributed by atoms with Crippen LogP contribution in [0.4, 0.5) is 4.79 Å². The first kappa shape index (κ1) is 15.6. The molecule has 0 radical (unpaired) electrons. The number of aromatic nitrogens is 1. The topological polar surface area (TPSA) is 68.3 Å². The van der Waals surface area contributed by atoms with Crippen molar-refractivity contribution in [2.75, 3.05) is 0 Å². The average molecular weight is 284 g/mol. The number of carbonyl (C=O) groups is 2. The van der Waals surface area contributed by atoms with E-state index in [0.29, 0.717) is 11.4 Å². The Morgan fingerprint density at radius 1 is 1.47 bits per heavy atom. The Bertz CT molecular complexity index is 424. The van der Waals surface area contributed by atoms with Crippen molar-refractivity contribution in [3.05, 3.63) is 16.6 Å². The zero-order valence-electron chi connectivity index (χ0n) is 11.7. The highest BCUT2D eigenvalue weighted by Crippen LogP contribution is 2.12. The van der Waals surface area contributed by atoms with Crippen LogP contribution in [-0.4, -0.2) is 28.5 Å². The molecule has 0 aliphatic rings. The van der Waals surface area contributed by atoms with Gasteiger partial charge < -0.3 is 10.1 Å². The number of thiazole rings is 1. The van der Waals surface area contributed by atoms with Crippen LogP contribution in [0.1, 0.15) is 50.3 Å². The normalized spacial score (nSPS) is 12.8. The summed E-state index contributed by atoms with van der Waals surface area (Å²) in [6, 6.07) is -0.230. The van der Waals surface area contributed by atoms with Crippen molar-refractivity contribution in [1.29, 1.82) is 0 Å². The van der Waals surface area contributed by atoms with Gasteiger partial charge in [-0.2, -0.15) is 0 Å². The van der Waals surface area contributed by atoms with E-state index in [9.17, 15) is 9.59 Å². The minimum Gasteiger partial charge on any atom is -0.444 e. The Hall–Kier alpha value is -1.43. The second-order valence-electron chi connectivity index (χ2n) is 5.22. The van der Waals surface area contributed by atoms with Gasteiger partial charge in [0.15, 0.2) is 10.8 Å². The van der Waals surface area contributed by atoms with Crippen LogP contribution in [0.2, 0.25) is 0 Å². The molecule has 0 saturated heterocycles. The summed E-state index contributed by atoms with van der Waals surface area (Å²) in [4.78, 5) is 27.5. The summed E-state index contributed by atoms with van der Waals surface area (Å²) < 4.78 is 5.17. The molecule has 0 aromatic carbocycles. The van der Waals surface area contributed by atoms with Gasteiger partial charge in [0.25, 0.3) is 0 Å². The Morgan fingerprint density at radius 3 is 2.63 bits per heavy atom. The Morgan fingerprint density at radius 2 is 2.16 bits per heavy atom. The zero-order valence-corrected chi connectivity index (χ0v) is 12.5. The van der Waals surface area contributed by atoms with Crippen molar-refractivity contribution in [2.45, 2.75) is 52.2 Å². The van der Waals surface area contributed by atoms with E-state index in [0.717, 1.165) is 0 Å². The van der Waals surface area contributed by atoms with Crippen molar-refractivity contribution >= 4 is 23.2 Å². The smallest absolute Gasteiger partial charge is 0.407 e. The first-order valence-corrected chi connectivity index (χ1v) is 7.12. The average Bonchev–Trinajstić information content (AvgIpc) is 2.78. The largest absolute Gasteiger partial charge is 0.444 e. The highest BCUT2D eigenvalue weighted by Gasteiger charge is 2.21. The predicted octanol–water partition coefficient (Wildman–Crippen LogP) is 3.02. The zero-order chi connectivity index (χ0) is 14.5. The number of carbonyl (C=O) groups excluding carboxylic acids is 2. The number of amides is 1. The maximum Gasteiger partial charge on any atom is 0.407 e. The highest BCUT2D eigenvalue weighted by molar-refractivity contribution is 7.11. The van der Waals surface area contributed by atoms with Crippen molar-refractivity contribution in [2.24, 2.45) is 0 Å². The molecule has 0 spiro atoms. The fourth-order valence-corrected chi connectivity index (χ4v) is 2.03. The second-order valence-corrected chi connectivity index (χ2v) is 6.11. The summed E-state index contributed by atoms with van der Waals surface area (Å²) in [7, 11) is 0. The van der Waals surface area contributed by atoms with Crippen LogP contribution in [0.15, 0.2) is 11.6 Å². The molecule has 0 fully saturated rings. The van der Waals surface area contributed by atoms with Gasteiger partial charge in [0.05, 0.1) is 0 Å². The summed E-state index contributed by atoms with van der Waals surface area (Å²) in [5.41, 5.74) is -0.540. The van der Waals surface area contributed by atoms with E-state index in [1.165, 1.54) is 11.3 Å². The number of hydrogen-bond donors (Lipinski definition) is 1. The predicted molar refractivity (Wildman–Crippen MR) is 74.5 cm³/mol. The lowest BCUT2D eigenvalue weighted by molar-refractivity contribution is 0.0500. The Kier molecular flexibility index (Phi) is 5.47. The van der Waals surface area contributed by atoms with Crippen molar-refractivity contribution < 1.29 is 14.3 Å². The van der Waals surface area contributed by atoms with Gasteiger partial charge in [-0.05, 0) is 27.2 Å². The lowest BCUT2D eigenvalue weighted by Gasteiger charge is -2.22. The van der Waals surface area contributed by atoms with Gasteiger partial charge >= 0.3 is 6.09 Å². The summed E-state index contributed by atoms with van der Waals surface area (Å²) >= 11 is 1.31. The van der Waals surface area contributed by atoms with Crippen LogP contribution in [-0.2, 0) is 4.74 Å². The molecule has 1 rings (SSSR count). The molecule has 1 amide bonds. The first-order chi connectivity index (χ1) is 8.81. The third-order valence-electron chi connectivity index (χ3n) is 2.32. The fourth-order valence-electron chi connectivity index (χ4n) is 1.44. The van der Waals surface area contributed by atoms with Gasteiger partial charge in [0.1, 0.15) is 5.60 Å². The Balaban J connectivity index is 2.50. The summed E-state index contributed by atoms with van der Waals surface area (Å²) in [6.45, 7) is 7.31. The van der Waals surface area contributed by atoms with Crippen LogP contribution in [0, 0.1) is 0 Å². The van der Waals surface area contributed by atoms with Crippen LogP contribution in [0.5, 0.6) is 0 Å². The maximum atomic E-state index is 11.9. The summed E-state index contributed by atoms with van der Waals surface area (Å²) in [6.07, 6.45) is 2.01. The van der Waals surface area contributed by atoms with E-state index < -0.39 is 11.7 Å². The van der Waals surface area contributed by atoms with Crippen molar-refractivity contribution in [3.63, 3.8) is 0 Å². The van der Waals surface area contributed by atoms with Gasteiger partial charge in [-0.3, -0.25) is 4.79 Å². The molecule has 1 heterocycles. The highest BCUT2D eigenvalue weighted by atomic mass is 32.1. The number of nitrogens with zero attached hydrogens (tertiary/aromatic N) is 1. The number of ketones is 1. The van der Waals surface area contributed by atoms with E-state index in [1.807, 2.05) is 6.92 Å². The molecule has 1 unspecified atom stereocenters. The monoisotopic (exact) mass is 284 g/mol. The molecule has 19 heavy (non-hydrogen) atoms. The molecule has 1 atom stereocenters. The minimum absolute atomic E-state index is 0.0575. The number of nitrogens with one attached hydrogen (secondary N) is 1. The molecule has 106 valence electrons. The molecule has 1 N–H and O–H groups in total. The molecule has 1 aromatic heterocycles. The van der Waals surface area contributed by atoms with Crippen LogP contribution in [0.25, 0.3) is 0 Å². The lowest BCUT2D eigenvalue weighted by atomic mass is 10.1.